The molecule has 1 aromatic heterocycles. The molecule has 0 saturated carbocycles. The third-order valence-corrected chi connectivity index (χ3v) is 5.90. The van der Waals surface area contributed by atoms with Gasteiger partial charge in [-0.1, -0.05) is 29.0 Å². The average molecular weight is 415 g/mol. The van der Waals surface area contributed by atoms with E-state index < -0.39 is 0 Å². The van der Waals surface area contributed by atoms with E-state index in [-0.39, 0.29) is 11.8 Å². The maximum atomic E-state index is 12.8. The number of carbonyl (C=O) groups excluding carboxylic acids is 2. The summed E-state index contributed by atoms with van der Waals surface area (Å²) >= 11 is 7.29. The first-order chi connectivity index (χ1) is 13.5. The van der Waals surface area contributed by atoms with Crippen LogP contribution in [0.4, 0.5) is 5.13 Å². The summed E-state index contributed by atoms with van der Waals surface area (Å²) in [6.07, 6.45) is 0. The van der Waals surface area contributed by atoms with Gasteiger partial charge >= 0.3 is 0 Å². The van der Waals surface area contributed by atoms with E-state index in [4.69, 9.17) is 11.6 Å². The largest absolute Gasteiger partial charge is 0.336 e. The Balaban J connectivity index is 1.51. The van der Waals surface area contributed by atoms with Crippen molar-refractivity contribution in [3.05, 3.63) is 58.6 Å². The van der Waals surface area contributed by atoms with Crippen LogP contribution in [0.15, 0.2) is 42.5 Å². The Morgan fingerprint density at radius 3 is 2.61 bits per heavy atom. The third-order valence-electron chi connectivity index (χ3n) is 4.73. The lowest BCUT2D eigenvalue weighted by Crippen LogP contribution is -2.47. The van der Waals surface area contributed by atoms with E-state index in [0.29, 0.717) is 21.3 Å². The number of amides is 2. The molecule has 3 aromatic rings. The SMILES string of the molecule is CN1CCN(C(=O)c2ccc3nc(NC(=O)c4cccc(Cl)c4)sc3c2)CC1. The molecule has 1 N–H and O–H groups in total. The lowest BCUT2D eigenvalue weighted by molar-refractivity contribution is 0.0664. The fraction of sp³-hybridized carbons (Fsp3) is 0.250. The van der Waals surface area contributed by atoms with Gasteiger partial charge in [0.1, 0.15) is 0 Å². The van der Waals surface area contributed by atoms with Gasteiger partial charge in [0.25, 0.3) is 11.8 Å². The van der Waals surface area contributed by atoms with E-state index in [2.05, 4.69) is 22.2 Å². The smallest absolute Gasteiger partial charge is 0.257 e. The van der Waals surface area contributed by atoms with Crippen LogP contribution < -0.4 is 5.32 Å². The number of likely N-dealkylation sites (N-methyl/N-ethyl adjacent to an activating group) is 1. The molecule has 4 rings (SSSR count). The maximum absolute atomic E-state index is 12.8. The maximum Gasteiger partial charge on any atom is 0.257 e. The van der Waals surface area contributed by atoms with Crippen molar-refractivity contribution in [1.29, 1.82) is 0 Å². The minimum absolute atomic E-state index is 0.0351. The molecule has 6 nitrogen and oxygen atoms in total. The number of piperazine rings is 1. The summed E-state index contributed by atoms with van der Waals surface area (Å²) in [5.74, 6) is -0.233. The van der Waals surface area contributed by atoms with E-state index in [1.807, 2.05) is 17.0 Å². The lowest BCUT2D eigenvalue weighted by atomic mass is 10.1. The summed E-state index contributed by atoms with van der Waals surface area (Å²) in [6.45, 7) is 3.23. The second-order valence-corrected chi connectivity index (χ2v) is 8.23. The van der Waals surface area contributed by atoms with Crippen molar-refractivity contribution in [2.75, 3.05) is 38.5 Å². The van der Waals surface area contributed by atoms with Crippen molar-refractivity contribution in [1.82, 2.24) is 14.8 Å². The quantitative estimate of drug-likeness (QED) is 0.711. The van der Waals surface area contributed by atoms with Crippen molar-refractivity contribution in [3.63, 3.8) is 0 Å². The van der Waals surface area contributed by atoms with Gasteiger partial charge in [0.05, 0.1) is 10.2 Å². The second kappa shape index (κ2) is 7.87. The van der Waals surface area contributed by atoms with Crippen molar-refractivity contribution in [3.8, 4) is 0 Å². The number of thiazole rings is 1. The lowest BCUT2D eigenvalue weighted by Gasteiger charge is -2.32. The van der Waals surface area contributed by atoms with Gasteiger partial charge in [-0.25, -0.2) is 4.98 Å². The van der Waals surface area contributed by atoms with Gasteiger partial charge in [-0.05, 0) is 43.4 Å². The van der Waals surface area contributed by atoms with Crippen molar-refractivity contribution in [2.45, 2.75) is 0 Å². The molecule has 28 heavy (non-hydrogen) atoms. The summed E-state index contributed by atoms with van der Waals surface area (Å²) in [7, 11) is 2.06. The molecule has 0 unspecified atom stereocenters. The van der Waals surface area contributed by atoms with Crippen molar-refractivity contribution >= 4 is 50.1 Å². The average Bonchev–Trinajstić information content (AvgIpc) is 3.09. The van der Waals surface area contributed by atoms with Crippen LogP contribution in [0.5, 0.6) is 0 Å². The van der Waals surface area contributed by atoms with Crippen LogP contribution in [-0.2, 0) is 0 Å². The molecule has 0 atom stereocenters. The topological polar surface area (TPSA) is 65.5 Å². The number of hydrogen-bond donors (Lipinski definition) is 1. The van der Waals surface area contributed by atoms with Gasteiger partial charge < -0.3 is 9.80 Å². The molecule has 1 fully saturated rings. The minimum atomic E-state index is -0.268. The first-order valence-electron chi connectivity index (χ1n) is 8.95. The first kappa shape index (κ1) is 18.9. The summed E-state index contributed by atoms with van der Waals surface area (Å²) in [4.78, 5) is 33.7. The van der Waals surface area contributed by atoms with Gasteiger partial charge in [-0.2, -0.15) is 0 Å². The summed E-state index contributed by atoms with van der Waals surface area (Å²) in [5, 5.41) is 3.79. The molecule has 0 aliphatic carbocycles. The van der Waals surface area contributed by atoms with Crippen molar-refractivity contribution in [2.24, 2.45) is 0 Å². The Hall–Kier alpha value is -2.48. The number of fused-ring (bicyclic) bond motifs is 1. The minimum Gasteiger partial charge on any atom is -0.336 e. The van der Waals surface area contributed by atoms with Crippen molar-refractivity contribution < 1.29 is 9.59 Å². The summed E-state index contributed by atoms with van der Waals surface area (Å²) in [5.41, 5.74) is 1.87. The zero-order valence-electron chi connectivity index (χ0n) is 15.3. The van der Waals surface area contributed by atoms with Gasteiger partial charge in [-0.15, -0.1) is 0 Å². The molecule has 0 spiro atoms. The predicted molar refractivity (Wildman–Crippen MR) is 112 cm³/mol. The molecular formula is C20H19ClN4O2S. The zero-order valence-corrected chi connectivity index (χ0v) is 16.9. The van der Waals surface area contributed by atoms with Crippen LogP contribution >= 0.6 is 22.9 Å². The molecule has 1 saturated heterocycles. The second-order valence-electron chi connectivity index (χ2n) is 6.76. The van der Waals surface area contributed by atoms with Gasteiger partial charge in [-0.3, -0.25) is 14.9 Å². The molecule has 2 amide bonds. The highest BCUT2D eigenvalue weighted by Gasteiger charge is 2.21. The van der Waals surface area contributed by atoms with E-state index >= 15 is 0 Å². The number of anilines is 1. The predicted octanol–water partition coefficient (Wildman–Crippen LogP) is 3.59. The van der Waals surface area contributed by atoms with Crippen LogP contribution in [0.1, 0.15) is 20.7 Å². The summed E-state index contributed by atoms with van der Waals surface area (Å²) in [6, 6.07) is 12.2. The molecular weight excluding hydrogens is 396 g/mol. The number of nitrogens with zero attached hydrogens (tertiary/aromatic N) is 3. The van der Waals surface area contributed by atoms with E-state index in [1.54, 1.807) is 30.3 Å². The van der Waals surface area contributed by atoms with E-state index in [9.17, 15) is 9.59 Å². The molecule has 0 radical (unpaired) electrons. The van der Waals surface area contributed by atoms with Crippen LogP contribution in [0.25, 0.3) is 10.2 Å². The zero-order chi connectivity index (χ0) is 19.7. The summed E-state index contributed by atoms with van der Waals surface area (Å²) < 4.78 is 0.862. The molecule has 1 aliphatic heterocycles. The van der Waals surface area contributed by atoms with Gasteiger partial charge in [0, 0.05) is 42.3 Å². The fourth-order valence-electron chi connectivity index (χ4n) is 3.10. The van der Waals surface area contributed by atoms with Crippen LogP contribution in [0.2, 0.25) is 5.02 Å². The number of halogens is 1. The number of aromatic nitrogens is 1. The standard InChI is InChI=1S/C20H19ClN4O2S/c1-24-7-9-25(10-8-24)19(27)14-5-6-16-17(12-14)28-20(22-16)23-18(26)13-3-2-4-15(21)11-13/h2-6,11-12H,7-10H2,1H3,(H,22,23,26). The third kappa shape index (κ3) is 4.01. The Morgan fingerprint density at radius 1 is 1.07 bits per heavy atom. The number of rotatable bonds is 3. The van der Waals surface area contributed by atoms with Crippen LogP contribution in [0.3, 0.4) is 0 Å². The van der Waals surface area contributed by atoms with E-state index in [0.717, 1.165) is 36.4 Å². The molecule has 144 valence electrons. The molecule has 2 heterocycles. The number of benzene rings is 2. The molecule has 8 heteroatoms. The Bertz CT molecular complexity index is 1040. The van der Waals surface area contributed by atoms with Crippen LogP contribution in [-0.4, -0.2) is 59.8 Å². The number of hydrogen-bond acceptors (Lipinski definition) is 5. The normalized spacial score (nSPS) is 15.0. The highest BCUT2D eigenvalue weighted by atomic mass is 35.5. The van der Waals surface area contributed by atoms with E-state index in [1.165, 1.54) is 11.3 Å². The number of carbonyl (C=O) groups is 2. The Kier molecular flexibility index (Phi) is 5.30. The Morgan fingerprint density at radius 2 is 1.86 bits per heavy atom. The number of nitrogens with one attached hydrogen (secondary N) is 1. The highest BCUT2D eigenvalue weighted by molar-refractivity contribution is 7.22. The molecule has 2 aromatic carbocycles. The first-order valence-corrected chi connectivity index (χ1v) is 10.1. The molecule has 1 aliphatic rings. The monoisotopic (exact) mass is 414 g/mol. The van der Waals surface area contributed by atoms with Gasteiger partial charge in [0.15, 0.2) is 5.13 Å². The van der Waals surface area contributed by atoms with Crippen LogP contribution in [0, 0.1) is 0 Å². The highest BCUT2D eigenvalue weighted by Crippen LogP contribution is 2.28. The fourth-order valence-corrected chi connectivity index (χ4v) is 4.19. The Labute approximate surface area is 171 Å². The van der Waals surface area contributed by atoms with Gasteiger partial charge in [0.2, 0.25) is 0 Å². The molecule has 0 bridgehead atoms.